The summed E-state index contributed by atoms with van der Waals surface area (Å²) >= 11 is 9.62. The van der Waals surface area contributed by atoms with Crippen LogP contribution in [0, 0.1) is 0 Å². The quantitative estimate of drug-likeness (QED) is 0.751. The van der Waals surface area contributed by atoms with Crippen LogP contribution in [-0.4, -0.2) is 14.8 Å². The predicted molar refractivity (Wildman–Crippen MR) is 87.8 cm³/mol. The molecule has 2 aromatic carbocycles. The van der Waals surface area contributed by atoms with Crippen molar-refractivity contribution in [3.8, 4) is 5.69 Å². The van der Waals surface area contributed by atoms with Crippen molar-refractivity contribution < 1.29 is 0 Å². The summed E-state index contributed by atoms with van der Waals surface area (Å²) in [5, 5.41) is 11.7. The smallest absolute Gasteiger partial charge is 0.123 e. The van der Waals surface area contributed by atoms with Crippen LogP contribution in [-0.2, 0) is 6.54 Å². The Hall–Kier alpha value is -1.85. The van der Waals surface area contributed by atoms with Gasteiger partial charge in [0.25, 0.3) is 0 Å². The van der Waals surface area contributed by atoms with Gasteiger partial charge in [-0.15, -0.1) is 10.2 Å². The topological polar surface area (TPSA) is 42.7 Å². The fraction of sp³-hybridized carbons (Fsp3) is 0.0667. The third kappa shape index (κ3) is 3.43. The standard InChI is InChI=1S/C15H12BrClN4/c16-12-5-4-11(15(17)6-12)8-18-13-2-1-3-14(7-13)21-9-19-20-10-21/h1-7,9-10,18H,8H2. The number of aromatic nitrogens is 3. The van der Waals surface area contributed by atoms with Crippen LogP contribution in [0.15, 0.2) is 59.6 Å². The molecule has 1 N–H and O–H groups in total. The second-order valence-electron chi connectivity index (χ2n) is 4.51. The zero-order valence-electron chi connectivity index (χ0n) is 11.0. The molecule has 1 aromatic heterocycles. The van der Waals surface area contributed by atoms with Gasteiger partial charge in [0.1, 0.15) is 12.7 Å². The minimum Gasteiger partial charge on any atom is -0.381 e. The Bertz CT molecular complexity index is 743. The molecule has 4 nitrogen and oxygen atoms in total. The van der Waals surface area contributed by atoms with Gasteiger partial charge in [-0.3, -0.25) is 4.57 Å². The molecule has 3 rings (SSSR count). The van der Waals surface area contributed by atoms with Crippen LogP contribution in [0.4, 0.5) is 5.69 Å². The zero-order chi connectivity index (χ0) is 14.7. The van der Waals surface area contributed by atoms with Crippen molar-refractivity contribution in [2.45, 2.75) is 6.54 Å². The largest absolute Gasteiger partial charge is 0.381 e. The van der Waals surface area contributed by atoms with E-state index in [1.165, 1.54) is 0 Å². The lowest BCUT2D eigenvalue weighted by Crippen LogP contribution is -2.01. The first-order chi connectivity index (χ1) is 10.2. The van der Waals surface area contributed by atoms with Crippen molar-refractivity contribution in [2.24, 2.45) is 0 Å². The summed E-state index contributed by atoms with van der Waals surface area (Å²) in [6.45, 7) is 0.664. The molecule has 0 radical (unpaired) electrons. The van der Waals surface area contributed by atoms with E-state index in [4.69, 9.17) is 11.6 Å². The number of nitrogens with zero attached hydrogens (tertiary/aromatic N) is 3. The zero-order valence-corrected chi connectivity index (χ0v) is 13.3. The van der Waals surface area contributed by atoms with Crippen LogP contribution in [0.5, 0.6) is 0 Å². The van der Waals surface area contributed by atoms with Crippen LogP contribution in [0.25, 0.3) is 5.69 Å². The summed E-state index contributed by atoms with van der Waals surface area (Å²) in [4.78, 5) is 0. The number of hydrogen-bond donors (Lipinski definition) is 1. The minimum absolute atomic E-state index is 0.664. The second-order valence-corrected chi connectivity index (χ2v) is 5.83. The van der Waals surface area contributed by atoms with Gasteiger partial charge in [0.05, 0.1) is 5.69 Å². The fourth-order valence-corrected chi connectivity index (χ4v) is 2.71. The average molecular weight is 364 g/mol. The molecule has 0 amide bonds. The van der Waals surface area contributed by atoms with Crippen LogP contribution in [0.1, 0.15) is 5.56 Å². The third-order valence-electron chi connectivity index (χ3n) is 3.06. The molecule has 0 fully saturated rings. The lowest BCUT2D eigenvalue weighted by Gasteiger charge is -2.10. The molecule has 0 aliphatic heterocycles. The summed E-state index contributed by atoms with van der Waals surface area (Å²) in [6, 6.07) is 13.9. The van der Waals surface area contributed by atoms with E-state index in [2.05, 4.69) is 31.4 Å². The Balaban J connectivity index is 1.75. The minimum atomic E-state index is 0.664. The Labute approximate surface area is 135 Å². The average Bonchev–Trinajstić information content (AvgIpc) is 3.01. The maximum Gasteiger partial charge on any atom is 0.123 e. The molecule has 0 spiro atoms. The first-order valence-electron chi connectivity index (χ1n) is 6.35. The van der Waals surface area contributed by atoms with Crippen molar-refractivity contribution in [3.05, 3.63) is 70.2 Å². The maximum atomic E-state index is 6.22. The Morgan fingerprint density at radius 2 is 1.90 bits per heavy atom. The predicted octanol–water partition coefficient (Wildman–Crippen LogP) is 4.30. The number of nitrogens with one attached hydrogen (secondary N) is 1. The van der Waals surface area contributed by atoms with Crippen LogP contribution in [0.2, 0.25) is 5.02 Å². The van der Waals surface area contributed by atoms with Gasteiger partial charge in [-0.2, -0.15) is 0 Å². The van der Waals surface area contributed by atoms with E-state index < -0.39 is 0 Å². The van der Waals surface area contributed by atoms with Gasteiger partial charge < -0.3 is 5.32 Å². The van der Waals surface area contributed by atoms with E-state index in [-0.39, 0.29) is 0 Å². The lowest BCUT2D eigenvalue weighted by atomic mass is 10.2. The summed E-state index contributed by atoms with van der Waals surface area (Å²) in [5.41, 5.74) is 3.07. The van der Waals surface area contributed by atoms with Gasteiger partial charge >= 0.3 is 0 Å². The maximum absolute atomic E-state index is 6.22. The number of rotatable bonds is 4. The molecule has 0 saturated heterocycles. The van der Waals surface area contributed by atoms with Gasteiger partial charge in [0.15, 0.2) is 0 Å². The number of hydrogen-bond acceptors (Lipinski definition) is 3. The lowest BCUT2D eigenvalue weighted by molar-refractivity contribution is 1.05. The van der Waals surface area contributed by atoms with E-state index >= 15 is 0 Å². The molecular weight excluding hydrogens is 352 g/mol. The fourth-order valence-electron chi connectivity index (χ4n) is 1.97. The summed E-state index contributed by atoms with van der Waals surface area (Å²) in [7, 11) is 0. The number of halogens is 2. The Morgan fingerprint density at radius 1 is 1.10 bits per heavy atom. The molecular formula is C15H12BrClN4. The first kappa shape index (κ1) is 14.1. The van der Waals surface area contributed by atoms with Gasteiger partial charge in [0, 0.05) is 21.7 Å². The monoisotopic (exact) mass is 362 g/mol. The molecule has 21 heavy (non-hydrogen) atoms. The van der Waals surface area contributed by atoms with E-state index in [9.17, 15) is 0 Å². The van der Waals surface area contributed by atoms with Crippen molar-refractivity contribution in [2.75, 3.05) is 5.32 Å². The molecule has 0 saturated carbocycles. The van der Waals surface area contributed by atoms with Crippen molar-refractivity contribution in [1.29, 1.82) is 0 Å². The molecule has 0 atom stereocenters. The molecule has 0 bridgehead atoms. The highest BCUT2D eigenvalue weighted by Crippen LogP contribution is 2.22. The van der Waals surface area contributed by atoms with Gasteiger partial charge in [-0.1, -0.05) is 39.7 Å². The highest BCUT2D eigenvalue weighted by molar-refractivity contribution is 9.10. The molecule has 6 heteroatoms. The van der Waals surface area contributed by atoms with Gasteiger partial charge in [0.2, 0.25) is 0 Å². The van der Waals surface area contributed by atoms with E-state index in [0.29, 0.717) is 6.54 Å². The molecule has 0 aliphatic rings. The first-order valence-corrected chi connectivity index (χ1v) is 7.52. The van der Waals surface area contributed by atoms with E-state index in [0.717, 1.165) is 26.4 Å². The van der Waals surface area contributed by atoms with E-state index in [1.54, 1.807) is 12.7 Å². The Kier molecular flexibility index (Phi) is 4.22. The summed E-state index contributed by atoms with van der Waals surface area (Å²) in [5.74, 6) is 0. The number of anilines is 1. The van der Waals surface area contributed by atoms with Crippen molar-refractivity contribution in [1.82, 2.24) is 14.8 Å². The molecule has 3 aromatic rings. The summed E-state index contributed by atoms with van der Waals surface area (Å²) in [6.07, 6.45) is 3.34. The SMILES string of the molecule is Clc1cc(Br)ccc1CNc1cccc(-n2cnnc2)c1. The van der Waals surface area contributed by atoms with Gasteiger partial charge in [-0.05, 0) is 35.9 Å². The normalized spacial score (nSPS) is 10.6. The van der Waals surface area contributed by atoms with Crippen LogP contribution >= 0.6 is 27.5 Å². The third-order valence-corrected chi connectivity index (χ3v) is 3.91. The van der Waals surface area contributed by atoms with Crippen LogP contribution in [0.3, 0.4) is 0 Å². The second kappa shape index (κ2) is 6.28. The highest BCUT2D eigenvalue weighted by Gasteiger charge is 2.02. The molecule has 0 aliphatic carbocycles. The van der Waals surface area contributed by atoms with Gasteiger partial charge in [-0.25, -0.2) is 0 Å². The number of benzene rings is 2. The van der Waals surface area contributed by atoms with Crippen molar-refractivity contribution in [3.63, 3.8) is 0 Å². The van der Waals surface area contributed by atoms with E-state index in [1.807, 2.05) is 47.0 Å². The highest BCUT2D eigenvalue weighted by atomic mass is 79.9. The van der Waals surface area contributed by atoms with Crippen LogP contribution < -0.4 is 5.32 Å². The molecule has 1 heterocycles. The Morgan fingerprint density at radius 3 is 2.67 bits per heavy atom. The summed E-state index contributed by atoms with van der Waals surface area (Å²) < 4.78 is 2.84. The molecule has 0 unspecified atom stereocenters. The molecule has 106 valence electrons. The van der Waals surface area contributed by atoms with Crippen molar-refractivity contribution >= 4 is 33.2 Å².